The molecule has 0 saturated carbocycles. The first-order valence-electron chi connectivity index (χ1n) is 3.91. The van der Waals surface area contributed by atoms with Gasteiger partial charge in [0, 0.05) is 12.7 Å². The van der Waals surface area contributed by atoms with Gasteiger partial charge in [-0.2, -0.15) is 0 Å². The Kier molecular flexibility index (Phi) is 1.73. The second-order valence-corrected chi connectivity index (χ2v) is 2.70. The molecular weight excluding hydrogens is 168 g/mol. The van der Waals surface area contributed by atoms with Crippen molar-refractivity contribution >= 4 is 17.9 Å². The predicted molar refractivity (Wildman–Crippen MR) is 48.6 cm³/mol. The van der Waals surface area contributed by atoms with Crippen molar-refractivity contribution in [1.29, 1.82) is 0 Å². The maximum Gasteiger partial charge on any atom is 0.412 e. The summed E-state index contributed by atoms with van der Waals surface area (Å²) in [7, 11) is 0. The average Bonchev–Trinajstić information content (AvgIpc) is 2.17. The SMILES string of the molecule is O=C(O)N1CC=Cc2ncccc21. The number of rotatable bonds is 0. The van der Waals surface area contributed by atoms with Gasteiger partial charge in [-0.1, -0.05) is 6.08 Å². The minimum Gasteiger partial charge on any atom is -0.465 e. The quantitative estimate of drug-likeness (QED) is 0.653. The van der Waals surface area contributed by atoms with Crippen LogP contribution in [0.5, 0.6) is 0 Å². The summed E-state index contributed by atoms with van der Waals surface area (Å²) in [6.07, 6.45) is 4.31. The van der Waals surface area contributed by atoms with Gasteiger partial charge in [-0.15, -0.1) is 0 Å². The van der Waals surface area contributed by atoms with Crippen LogP contribution in [-0.4, -0.2) is 22.7 Å². The summed E-state index contributed by atoms with van der Waals surface area (Å²) < 4.78 is 0. The smallest absolute Gasteiger partial charge is 0.412 e. The molecule has 4 nitrogen and oxygen atoms in total. The first kappa shape index (κ1) is 7.79. The molecule has 2 heterocycles. The molecule has 1 aromatic heterocycles. The molecule has 0 aliphatic carbocycles. The third kappa shape index (κ3) is 1.26. The lowest BCUT2D eigenvalue weighted by Crippen LogP contribution is -2.31. The monoisotopic (exact) mass is 176 g/mol. The second kappa shape index (κ2) is 2.90. The molecule has 1 aliphatic rings. The van der Waals surface area contributed by atoms with E-state index in [0.29, 0.717) is 17.9 Å². The normalized spacial score (nSPS) is 14.0. The highest BCUT2D eigenvalue weighted by atomic mass is 16.4. The van der Waals surface area contributed by atoms with Crippen molar-refractivity contribution in [2.75, 3.05) is 11.4 Å². The van der Waals surface area contributed by atoms with Crippen LogP contribution in [0.1, 0.15) is 5.69 Å². The average molecular weight is 176 g/mol. The lowest BCUT2D eigenvalue weighted by Gasteiger charge is -2.21. The Labute approximate surface area is 75.1 Å². The van der Waals surface area contributed by atoms with E-state index >= 15 is 0 Å². The van der Waals surface area contributed by atoms with E-state index in [1.54, 1.807) is 24.4 Å². The highest BCUT2D eigenvalue weighted by Gasteiger charge is 2.18. The number of carbonyl (C=O) groups is 1. The zero-order chi connectivity index (χ0) is 9.26. The number of hydrogen-bond donors (Lipinski definition) is 1. The number of pyridine rings is 1. The van der Waals surface area contributed by atoms with E-state index in [9.17, 15) is 4.79 Å². The van der Waals surface area contributed by atoms with E-state index in [1.807, 2.05) is 6.08 Å². The number of aromatic nitrogens is 1. The minimum atomic E-state index is -0.946. The standard InChI is InChI=1S/C9H8N2O2/c12-9(13)11-6-2-3-7-8(11)4-1-5-10-7/h1-5H,6H2,(H,12,13). The molecule has 0 atom stereocenters. The van der Waals surface area contributed by atoms with E-state index in [4.69, 9.17) is 5.11 Å². The maximum atomic E-state index is 10.8. The molecule has 4 heteroatoms. The minimum absolute atomic E-state index is 0.397. The Morgan fingerprint density at radius 1 is 1.62 bits per heavy atom. The topological polar surface area (TPSA) is 53.4 Å². The lowest BCUT2D eigenvalue weighted by molar-refractivity contribution is 0.202. The van der Waals surface area contributed by atoms with Crippen LogP contribution in [0.3, 0.4) is 0 Å². The summed E-state index contributed by atoms with van der Waals surface area (Å²) in [5.41, 5.74) is 1.36. The van der Waals surface area contributed by atoms with Crippen LogP contribution < -0.4 is 4.90 Å². The second-order valence-electron chi connectivity index (χ2n) is 2.70. The van der Waals surface area contributed by atoms with Gasteiger partial charge in [0.25, 0.3) is 0 Å². The van der Waals surface area contributed by atoms with Crippen LogP contribution in [0, 0.1) is 0 Å². The molecule has 2 rings (SSSR count). The summed E-state index contributed by atoms with van der Waals surface area (Å²) >= 11 is 0. The van der Waals surface area contributed by atoms with Crippen molar-refractivity contribution in [3.8, 4) is 0 Å². The summed E-state index contributed by atoms with van der Waals surface area (Å²) in [6, 6.07) is 3.48. The molecule has 0 unspecified atom stereocenters. The predicted octanol–water partition coefficient (Wildman–Crippen LogP) is 1.59. The Balaban J connectivity index is 2.49. The molecular formula is C9H8N2O2. The fraction of sp³-hybridized carbons (Fsp3) is 0.111. The van der Waals surface area contributed by atoms with Crippen molar-refractivity contribution in [1.82, 2.24) is 4.98 Å². The number of carboxylic acid groups (broad SMARTS) is 1. The third-order valence-electron chi connectivity index (χ3n) is 1.90. The number of anilines is 1. The molecule has 0 fully saturated rings. The van der Waals surface area contributed by atoms with Crippen LogP contribution >= 0.6 is 0 Å². The molecule has 66 valence electrons. The van der Waals surface area contributed by atoms with Crippen LogP contribution in [0.25, 0.3) is 6.08 Å². The molecule has 1 N–H and O–H groups in total. The molecule has 1 aromatic rings. The Hall–Kier alpha value is -1.84. The van der Waals surface area contributed by atoms with Gasteiger partial charge in [0.15, 0.2) is 0 Å². The molecule has 1 amide bonds. The molecule has 13 heavy (non-hydrogen) atoms. The van der Waals surface area contributed by atoms with Crippen LogP contribution in [0.15, 0.2) is 24.4 Å². The van der Waals surface area contributed by atoms with Gasteiger partial charge in [-0.05, 0) is 18.2 Å². The summed E-state index contributed by atoms with van der Waals surface area (Å²) in [6.45, 7) is 0.397. The van der Waals surface area contributed by atoms with Gasteiger partial charge in [0.05, 0.1) is 11.4 Å². The molecule has 0 saturated heterocycles. The van der Waals surface area contributed by atoms with Crippen molar-refractivity contribution in [3.05, 3.63) is 30.1 Å². The molecule has 0 aromatic carbocycles. The Morgan fingerprint density at radius 3 is 3.23 bits per heavy atom. The third-order valence-corrected chi connectivity index (χ3v) is 1.90. The number of amides is 1. The van der Waals surface area contributed by atoms with Gasteiger partial charge in [-0.3, -0.25) is 9.88 Å². The van der Waals surface area contributed by atoms with Gasteiger partial charge in [0.2, 0.25) is 0 Å². The zero-order valence-corrected chi connectivity index (χ0v) is 6.84. The zero-order valence-electron chi connectivity index (χ0n) is 6.84. The maximum absolute atomic E-state index is 10.8. The lowest BCUT2D eigenvalue weighted by atomic mass is 10.2. The van der Waals surface area contributed by atoms with Crippen molar-refractivity contribution in [3.63, 3.8) is 0 Å². The highest BCUT2D eigenvalue weighted by molar-refractivity contribution is 5.90. The fourth-order valence-electron chi connectivity index (χ4n) is 1.31. The number of nitrogens with zero attached hydrogens (tertiary/aromatic N) is 2. The van der Waals surface area contributed by atoms with Crippen molar-refractivity contribution in [2.24, 2.45) is 0 Å². The van der Waals surface area contributed by atoms with Crippen LogP contribution in [0.2, 0.25) is 0 Å². The summed E-state index contributed by atoms with van der Waals surface area (Å²) in [4.78, 5) is 16.1. The van der Waals surface area contributed by atoms with Gasteiger partial charge in [0.1, 0.15) is 0 Å². The summed E-state index contributed by atoms with van der Waals surface area (Å²) in [5.74, 6) is 0. The Bertz CT molecular complexity index is 374. The number of hydrogen-bond acceptors (Lipinski definition) is 2. The van der Waals surface area contributed by atoms with Gasteiger partial charge < -0.3 is 5.11 Å². The van der Waals surface area contributed by atoms with E-state index < -0.39 is 6.09 Å². The van der Waals surface area contributed by atoms with Gasteiger partial charge in [-0.25, -0.2) is 4.79 Å². The number of fused-ring (bicyclic) bond motifs is 1. The highest BCUT2D eigenvalue weighted by Crippen LogP contribution is 2.22. The van der Waals surface area contributed by atoms with E-state index in [-0.39, 0.29) is 0 Å². The largest absolute Gasteiger partial charge is 0.465 e. The van der Waals surface area contributed by atoms with Crippen molar-refractivity contribution in [2.45, 2.75) is 0 Å². The Morgan fingerprint density at radius 2 is 2.46 bits per heavy atom. The molecule has 0 radical (unpaired) electrons. The van der Waals surface area contributed by atoms with E-state index in [2.05, 4.69) is 4.98 Å². The van der Waals surface area contributed by atoms with E-state index in [0.717, 1.165) is 0 Å². The van der Waals surface area contributed by atoms with Crippen LogP contribution in [-0.2, 0) is 0 Å². The molecule has 0 bridgehead atoms. The molecule has 0 spiro atoms. The first-order chi connectivity index (χ1) is 6.29. The van der Waals surface area contributed by atoms with Crippen molar-refractivity contribution < 1.29 is 9.90 Å². The first-order valence-corrected chi connectivity index (χ1v) is 3.91. The fourth-order valence-corrected chi connectivity index (χ4v) is 1.31. The van der Waals surface area contributed by atoms with E-state index in [1.165, 1.54) is 4.90 Å². The van der Waals surface area contributed by atoms with Crippen LogP contribution in [0.4, 0.5) is 10.5 Å². The molecule has 1 aliphatic heterocycles. The van der Waals surface area contributed by atoms with Gasteiger partial charge >= 0.3 is 6.09 Å². The summed E-state index contributed by atoms with van der Waals surface area (Å²) in [5, 5.41) is 8.85.